The van der Waals surface area contributed by atoms with Gasteiger partial charge in [-0.25, -0.2) is 14.6 Å². The van der Waals surface area contributed by atoms with E-state index in [0.29, 0.717) is 30.3 Å². The van der Waals surface area contributed by atoms with Crippen molar-refractivity contribution in [1.82, 2.24) is 19.7 Å². The van der Waals surface area contributed by atoms with Gasteiger partial charge >= 0.3 is 0 Å². The van der Waals surface area contributed by atoms with E-state index in [1.807, 2.05) is 41.2 Å². The molecular formula is C27H31N5O4. The molecule has 1 aliphatic heterocycles. The average molecular weight is 490 g/mol. The van der Waals surface area contributed by atoms with Crippen molar-refractivity contribution in [3.63, 3.8) is 0 Å². The largest absolute Gasteiger partial charge is 0.493 e. The van der Waals surface area contributed by atoms with Crippen LogP contribution in [-0.4, -0.2) is 60.3 Å². The minimum absolute atomic E-state index is 0.128. The first-order chi connectivity index (χ1) is 17.6. The van der Waals surface area contributed by atoms with Gasteiger partial charge in [0.2, 0.25) is 5.75 Å². The summed E-state index contributed by atoms with van der Waals surface area (Å²) in [6, 6.07) is 12.1. The Bertz CT molecular complexity index is 1320. The van der Waals surface area contributed by atoms with Crippen molar-refractivity contribution in [3.05, 3.63) is 60.0 Å². The number of hydrogen-bond acceptors (Lipinski definition) is 8. The normalized spacial score (nSPS) is 15.3. The number of rotatable bonds is 9. The van der Waals surface area contributed by atoms with Crippen LogP contribution in [-0.2, 0) is 11.3 Å². The highest BCUT2D eigenvalue weighted by Crippen LogP contribution is 2.39. The zero-order chi connectivity index (χ0) is 25.1. The predicted molar refractivity (Wildman–Crippen MR) is 138 cm³/mol. The highest BCUT2D eigenvalue weighted by atomic mass is 16.5. The van der Waals surface area contributed by atoms with Crippen LogP contribution >= 0.6 is 0 Å². The first kappa shape index (κ1) is 23.9. The molecule has 1 saturated heterocycles. The van der Waals surface area contributed by atoms with Crippen molar-refractivity contribution < 1.29 is 18.9 Å². The van der Waals surface area contributed by atoms with Gasteiger partial charge in [0.1, 0.15) is 12.1 Å². The van der Waals surface area contributed by atoms with Crippen LogP contribution in [0.2, 0.25) is 0 Å². The highest BCUT2D eigenvalue weighted by molar-refractivity contribution is 5.87. The molecule has 4 aromatic rings. The molecular weight excluding hydrogens is 458 g/mol. The van der Waals surface area contributed by atoms with Gasteiger partial charge in [0.05, 0.1) is 44.7 Å². The number of fused-ring (bicyclic) bond motifs is 1. The van der Waals surface area contributed by atoms with E-state index in [1.54, 1.807) is 27.7 Å². The lowest BCUT2D eigenvalue weighted by Crippen LogP contribution is -2.32. The molecule has 5 rings (SSSR count). The highest BCUT2D eigenvalue weighted by Gasteiger charge is 2.24. The average Bonchev–Trinajstić information content (AvgIpc) is 3.58. The van der Waals surface area contributed by atoms with Gasteiger partial charge in [-0.3, -0.25) is 0 Å². The van der Waals surface area contributed by atoms with Gasteiger partial charge in [0.25, 0.3) is 0 Å². The van der Waals surface area contributed by atoms with Gasteiger partial charge in [0.15, 0.2) is 17.1 Å². The Morgan fingerprint density at radius 3 is 2.50 bits per heavy atom. The second-order valence-corrected chi connectivity index (χ2v) is 8.83. The molecule has 2 aromatic heterocycles. The van der Waals surface area contributed by atoms with Crippen LogP contribution in [0.15, 0.2) is 48.9 Å². The number of benzene rings is 2. The molecule has 0 amide bonds. The Balaban J connectivity index is 1.57. The fourth-order valence-electron chi connectivity index (χ4n) is 4.77. The number of ether oxygens (including phenoxy) is 4. The summed E-state index contributed by atoms with van der Waals surface area (Å²) in [5.74, 6) is 2.61. The number of hydrogen-bond donors (Lipinski definition) is 0. The summed E-state index contributed by atoms with van der Waals surface area (Å²) in [6.45, 7) is 4.11. The smallest absolute Gasteiger partial charge is 0.203 e. The molecule has 36 heavy (non-hydrogen) atoms. The van der Waals surface area contributed by atoms with Crippen molar-refractivity contribution >= 4 is 16.9 Å². The maximum Gasteiger partial charge on any atom is 0.203 e. The van der Waals surface area contributed by atoms with Crippen LogP contribution in [0.3, 0.4) is 0 Å². The standard InChI is InChI=1S/C27H31N5O4/c1-18-8-5-6-10-22(18)32-27-21(14-30-32)26(28-17-29-27)31(16-20-9-7-11-36-20)15-19-12-23(33-2)25(35-4)24(13-19)34-3/h5-6,8,10,12-14,17,20H,7,9,11,15-16H2,1-4H3/t20-/m1/s1. The number of methoxy groups -OCH3 is 3. The Kier molecular flexibility index (Phi) is 6.90. The second-order valence-electron chi connectivity index (χ2n) is 8.83. The van der Waals surface area contributed by atoms with Gasteiger partial charge in [-0.2, -0.15) is 5.10 Å². The van der Waals surface area contributed by atoms with Gasteiger partial charge < -0.3 is 23.8 Å². The molecule has 188 valence electrons. The van der Waals surface area contributed by atoms with E-state index in [9.17, 15) is 0 Å². The van der Waals surface area contributed by atoms with Crippen LogP contribution < -0.4 is 19.1 Å². The van der Waals surface area contributed by atoms with Crippen LogP contribution in [0.25, 0.3) is 16.7 Å². The van der Waals surface area contributed by atoms with Crippen molar-refractivity contribution in [2.45, 2.75) is 32.4 Å². The molecule has 9 heteroatoms. The van der Waals surface area contributed by atoms with E-state index in [4.69, 9.17) is 23.9 Å². The van der Waals surface area contributed by atoms with Crippen LogP contribution in [0.4, 0.5) is 5.82 Å². The summed E-state index contributed by atoms with van der Waals surface area (Å²) in [5.41, 5.74) is 3.88. The third-order valence-electron chi connectivity index (χ3n) is 6.53. The third-order valence-corrected chi connectivity index (χ3v) is 6.53. The molecule has 0 N–H and O–H groups in total. The van der Waals surface area contributed by atoms with E-state index in [0.717, 1.165) is 53.1 Å². The maximum absolute atomic E-state index is 6.00. The minimum Gasteiger partial charge on any atom is -0.493 e. The summed E-state index contributed by atoms with van der Waals surface area (Å²) in [4.78, 5) is 11.5. The molecule has 3 heterocycles. The first-order valence-electron chi connectivity index (χ1n) is 12.0. The van der Waals surface area contributed by atoms with Crippen LogP contribution in [0, 0.1) is 6.92 Å². The molecule has 0 spiro atoms. The lowest BCUT2D eigenvalue weighted by atomic mass is 10.1. The zero-order valence-corrected chi connectivity index (χ0v) is 21.1. The van der Waals surface area contributed by atoms with E-state index >= 15 is 0 Å². The van der Waals surface area contributed by atoms with Crippen LogP contribution in [0.1, 0.15) is 24.0 Å². The summed E-state index contributed by atoms with van der Waals surface area (Å²) in [6.07, 6.45) is 5.65. The fourth-order valence-corrected chi connectivity index (χ4v) is 4.77. The second kappa shape index (κ2) is 10.4. The SMILES string of the molecule is COc1cc(CN(C[C@H]2CCCO2)c2ncnc3c2cnn3-c2ccccc2C)cc(OC)c1OC. The van der Waals surface area contributed by atoms with Gasteiger partial charge in [-0.05, 0) is 49.1 Å². The first-order valence-corrected chi connectivity index (χ1v) is 12.0. The molecule has 0 unspecified atom stereocenters. The summed E-state index contributed by atoms with van der Waals surface area (Å²) in [5, 5.41) is 5.57. The van der Waals surface area contributed by atoms with Crippen molar-refractivity contribution in [2.24, 2.45) is 0 Å². The lowest BCUT2D eigenvalue weighted by Gasteiger charge is -2.27. The summed E-state index contributed by atoms with van der Waals surface area (Å²) >= 11 is 0. The topological polar surface area (TPSA) is 83.8 Å². The van der Waals surface area contributed by atoms with E-state index < -0.39 is 0 Å². The monoisotopic (exact) mass is 489 g/mol. The molecule has 1 atom stereocenters. The van der Waals surface area contributed by atoms with E-state index in [1.165, 1.54) is 0 Å². The van der Waals surface area contributed by atoms with E-state index in [-0.39, 0.29) is 6.10 Å². The Morgan fingerprint density at radius 2 is 1.83 bits per heavy atom. The van der Waals surface area contributed by atoms with Crippen molar-refractivity contribution in [2.75, 3.05) is 39.4 Å². The molecule has 0 radical (unpaired) electrons. The number of para-hydroxylation sites is 1. The summed E-state index contributed by atoms with van der Waals surface area (Å²) < 4.78 is 24.6. The molecule has 2 aromatic carbocycles. The van der Waals surface area contributed by atoms with E-state index in [2.05, 4.69) is 28.0 Å². The predicted octanol–water partition coefficient (Wildman–Crippen LogP) is 4.34. The molecule has 0 saturated carbocycles. The number of aromatic nitrogens is 4. The summed E-state index contributed by atoms with van der Waals surface area (Å²) in [7, 11) is 4.85. The molecule has 0 bridgehead atoms. The van der Waals surface area contributed by atoms with Crippen LogP contribution in [0.5, 0.6) is 17.2 Å². The molecule has 0 aliphatic carbocycles. The Labute approximate surface area is 210 Å². The Hall–Kier alpha value is -3.85. The van der Waals surface area contributed by atoms with Crippen molar-refractivity contribution in [3.8, 4) is 22.9 Å². The molecule has 1 aliphatic rings. The quantitative estimate of drug-likeness (QED) is 0.343. The number of anilines is 1. The lowest BCUT2D eigenvalue weighted by molar-refractivity contribution is 0.115. The third kappa shape index (κ3) is 4.54. The maximum atomic E-state index is 6.00. The molecule has 1 fully saturated rings. The number of aryl methyl sites for hydroxylation is 1. The van der Waals surface area contributed by atoms with Gasteiger partial charge in [-0.1, -0.05) is 18.2 Å². The zero-order valence-electron chi connectivity index (χ0n) is 21.1. The minimum atomic E-state index is 0.128. The van der Waals surface area contributed by atoms with Gasteiger partial charge in [0, 0.05) is 19.7 Å². The molecule has 9 nitrogen and oxygen atoms in total. The van der Waals surface area contributed by atoms with Crippen molar-refractivity contribution in [1.29, 1.82) is 0 Å². The van der Waals surface area contributed by atoms with Gasteiger partial charge in [-0.15, -0.1) is 0 Å². The Morgan fingerprint density at radius 1 is 1.06 bits per heavy atom. The number of nitrogens with zero attached hydrogens (tertiary/aromatic N) is 5. The fraction of sp³-hybridized carbons (Fsp3) is 0.370.